The third-order valence-corrected chi connectivity index (χ3v) is 2.74. The number of rotatable bonds is 2. The van der Waals surface area contributed by atoms with E-state index in [0.717, 1.165) is 0 Å². The van der Waals surface area contributed by atoms with Crippen molar-refractivity contribution < 1.29 is 14.3 Å². The van der Waals surface area contributed by atoms with Crippen molar-refractivity contribution >= 4 is 29.3 Å². The molecule has 1 aromatic rings. The molecule has 2 N–H and O–H groups in total. The van der Waals surface area contributed by atoms with Crippen molar-refractivity contribution in [2.45, 2.75) is 19.4 Å². The number of cyclic esters (lactones) is 1. The average Bonchev–Trinajstić information content (AvgIpc) is 2.30. The summed E-state index contributed by atoms with van der Waals surface area (Å²) in [6.45, 7) is 1.77. The molecule has 1 aromatic carbocycles. The summed E-state index contributed by atoms with van der Waals surface area (Å²) in [7, 11) is 0. The van der Waals surface area contributed by atoms with Gasteiger partial charge in [0.25, 0.3) is 0 Å². The van der Waals surface area contributed by atoms with Crippen molar-refractivity contribution in [2.75, 3.05) is 5.32 Å². The fourth-order valence-corrected chi connectivity index (χ4v) is 1.84. The van der Waals surface area contributed by atoms with Crippen molar-refractivity contribution in [1.29, 1.82) is 0 Å². The molecule has 100 valence electrons. The first kappa shape index (κ1) is 13.4. The van der Waals surface area contributed by atoms with Gasteiger partial charge in [0.05, 0.1) is 0 Å². The number of hydrogen-bond donors (Lipinski definition) is 2. The molecule has 0 saturated heterocycles. The molecule has 1 aliphatic rings. The molecule has 2 rings (SSSR count). The van der Waals surface area contributed by atoms with Crippen molar-refractivity contribution in [3.8, 4) is 0 Å². The van der Waals surface area contributed by atoms with Gasteiger partial charge in [0.1, 0.15) is 6.10 Å². The van der Waals surface area contributed by atoms with Crippen LogP contribution in [0.25, 0.3) is 0 Å². The Hall–Kier alpha value is -2.01. The Morgan fingerprint density at radius 1 is 1.32 bits per heavy atom. The highest BCUT2D eigenvalue weighted by molar-refractivity contribution is 6.30. The number of esters is 1. The van der Waals surface area contributed by atoms with Crippen LogP contribution in [0.1, 0.15) is 13.3 Å². The lowest BCUT2D eigenvalue weighted by Gasteiger charge is -2.20. The van der Waals surface area contributed by atoms with Crippen LogP contribution in [0.4, 0.5) is 10.5 Å². The summed E-state index contributed by atoms with van der Waals surface area (Å²) in [5.74, 6) is -0.444. The first-order chi connectivity index (χ1) is 9.02. The zero-order valence-corrected chi connectivity index (χ0v) is 11.0. The lowest BCUT2D eigenvalue weighted by molar-refractivity contribution is -0.143. The number of hydrogen-bond acceptors (Lipinski definition) is 3. The van der Waals surface area contributed by atoms with Crippen LogP contribution in [0.2, 0.25) is 5.02 Å². The molecule has 1 unspecified atom stereocenters. The van der Waals surface area contributed by atoms with Gasteiger partial charge in [-0.25, -0.2) is 9.59 Å². The maximum Gasteiger partial charge on any atom is 0.332 e. The molecule has 0 aliphatic carbocycles. The minimum Gasteiger partial charge on any atom is -0.459 e. The fraction of sp³-hybridized carbons (Fsp3) is 0.231. The van der Waals surface area contributed by atoms with Gasteiger partial charge in [-0.1, -0.05) is 11.6 Å². The van der Waals surface area contributed by atoms with Crippen molar-refractivity contribution in [1.82, 2.24) is 5.32 Å². The highest BCUT2D eigenvalue weighted by atomic mass is 35.5. The summed E-state index contributed by atoms with van der Waals surface area (Å²) >= 11 is 5.75. The number of benzene rings is 1. The summed E-state index contributed by atoms with van der Waals surface area (Å²) in [4.78, 5) is 22.9. The lowest BCUT2D eigenvalue weighted by Crippen LogP contribution is -2.33. The number of halogens is 1. The minimum absolute atomic E-state index is 0.233. The second kappa shape index (κ2) is 5.75. The van der Waals surface area contributed by atoms with Gasteiger partial charge in [-0.15, -0.1) is 0 Å². The Balaban J connectivity index is 1.94. The Labute approximate surface area is 115 Å². The zero-order valence-electron chi connectivity index (χ0n) is 10.3. The SMILES string of the molecule is CC1CC(NC(=O)Nc2ccc(Cl)cc2)=CC(=O)O1. The van der Waals surface area contributed by atoms with Crippen LogP contribution in [0.3, 0.4) is 0 Å². The minimum atomic E-state index is -0.444. The fourth-order valence-electron chi connectivity index (χ4n) is 1.71. The monoisotopic (exact) mass is 280 g/mol. The summed E-state index contributed by atoms with van der Waals surface area (Å²) in [5.41, 5.74) is 1.16. The summed E-state index contributed by atoms with van der Waals surface area (Å²) in [6.07, 6.45) is 1.53. The Bertz CT molecular complexity index is 525. The molecule has 0 radical (unpaired) electrons. The Kier molecular flexibility index (Phi) is 4.06. The van der Waals surface area contributed by atoms with E-state index in [9.17, 15) is 9.59 Å². The molecule has 5 nitrogen and oxygen atoms in total. The maximum absolute atomic E-state index is 11.7. The molecule has 0 bridgehead atoms. The number of urea groups is 1. The van der Waals surface area contributed by atoms with Crippen LogP contribution >= 0.6 is 11.6 Å². The van der Waals surface area contributed by atoms with Gasteiger partial charge in [0, 0.05) is 28.9 Å². The molecule has 1 heterocycles. The van der Waals surface area contributed by atoms with Crippen molar-refractivity contribution in [3.05, 3.63) is 41.1 Å². The predicted octanol–water partition coefficient (Wildman–Crippen LogP) is 2.68. The Morgan fingerprint density at radius 3 is 2.63 bits per heavy atom. The van der Waals surface area contributed by atoms with Gasteiger partial charge >= 0.3 is 12.0 Å². The van der Waals surface area contributed by atoms with E-state index in [2.05, 4.69) is 10.6 Å². The number of ether oxygens (including phenoxy) is 1. The summed E-state index contributed by atoms with van der Waals surface area (Å²) < 4.78 is 4.93. The number of amides is 2. The van der Waals surface area contributed by atoms with Crippen LogP contribution in [0.15, 0.2) is 36.0 Å². The van der Waals surface area contributed by atoms with Gasteiger partial charge in [-0.2, -0.15) is 0 Å². The molecule has 0 saturated carbocycles. The lowest BCUT2D eigenvalue weighted by atomic mass is 10.1. The topological polar surface area (TPSA) is 67.4 Å². The van der Waals surface area contributed by atoms with Crippen molar-refractivity contribution in [2.24, 2.45) is 0 Å². The van der Waals surface area contributed by atoms with E-state index in [-0.39, 0.29) is 6.10 Å². The molecule has 0 fully saturated rings. The van der Waals surface area contributed by atoms with Crippen LogP contribution < -0.4 is 10.6 Å². The highest BCUT2D eigenvalue weighted by Gasteiger charge is 2.18. The van der Waals surface area contributed by atoms with Gasteiger partial charge < -0.3 is 15.4 Å². The van der Waals surface area contributed by atoms with Crippen LogP contribution in [-0.2, 0) is 9.53 Å². The zero-order chi connectivity index (χ0) is 13.8. The quantitative estimate of drug-likeness (QED) is 0.819. The molecule has 1 atom stereocenters. The average molecular weight is 281 g/mol. The van der Waals surface area contributed by atoms with Crippen LogP contribution in [-0.4, -0.2) is 18.1 Å². The van der Waals surface area contributed by atoms with E-state index in [4.69, 9.17) is 16.3 Å². The molecule has 2 amide bonds. The number of carbonyl (C=O) groups excluding carboxylic acids is 2. The largest absolute Gasteiger partial charge is 0.459 e. The molecule has 6 heteroatoms. The predicted molar refractivity (Wildman–Crippen MR) is 71.9 cm³/mol. The van der Waals surface area contributed by atoms with Gasteiger partial charge in [-0.3, -0.25) is 0 Å². The Morgan fingerprint density at radius 2 is 2.00 bits per heavy atom. The van der Waals surface area contributed by atoms with E-state index in [1.165, 1.54) is 6.08 Å². The first-order valence-electron chi connectivity index (χ1n) is 5.77. The maximum atomic E-state index is 11.7. The number of anilines is 1. The van der Waals surface area contributed by atoms with E-state index in [0.29, 0.717) is 22.8 Å². The molecule has 0 aromatic heterocycles. The molecular weight excluding hydrogens is 268 g/mol. The number of carbonyl (C=O) groups is 2. The van der Waals surface area contributed by atoms with Gasteiger partial charge in [0.2, 0.25) is 0 Å². The molecule has 1 aliphatic heterocycles. The smallest absolute Gasteiger partial charge is 0.332 e. The normalized spacial score (nSPS) is 18.3. The summed E-state index contributed by atoms with van der Waals surface area (Å²) in [5, 5.41) is 5.86. The molecule has 19 heavy (non-hydrogen) atoms. The van der Waals surface area contributed by atoms with E-state index >= 15 is 0 Å². The molecule has 0 spiro atoms. The van der Waals surface area contributed by atoms with Gasteiger partial charge in [-0.05, 0) is 31.2 Å². The third kappa shape index (κ3) is 3.99. The van der Waals surface area contributed by atoms with Gasteiger partial charge in [0.15, 0.2) is 0 Å². The first-order valence-corrected chi connectivity index (χ1v) is 6.15. The molecular formula is C13H13ClN2O3. The van der Waals surface area contributed by atoms with Crippen LogP contribution in [0.5, 0.6) is 0 Å². The highest BCUT2D eigenvalue weighted by Crippen LogP contribution is 2.15. The third-order valence-electron chi connectivity index (χ3n) is 2.49. The van der Waals surface area contributed by atoms with E-state index < -0.39 is 12.0 Å². The standard InChI is InChI=1S/C13H13ClN2O3/c1-8-6-11(7-12(17)19-8)16-13(18)15-10-4-2-9(14)3-5-10/h2-5,7-8H,6H2,1H3,(H2,15,16,18). The second-order valence-corrected chi connectivity index (χ2v) is 4.64. The van der Waals surface area contributed by atoms with E-state index in [1.807, 2.05) is 0 Å². The van der Waals surface area contributed by atoms with Crippen molar-refractivity contribution in [3.63, 3.8) is 0 Å². The second-order valence-electron chi connectivity index (χ2n) is 4.21. The van der Waals surface area contributed by atoms with E-state index in [1.54, 1.807) is 31.2 Å². The number of nitrogens with one attached hydrogen (secondary N) is 2. The van der Waals surface area contributed by atoms with Crippen LogP contribution in [0, 0.1) is 0 Å². The summed E-state index contributed by atoms with van der Waals surface area (Å²) in [6, 6.07) is 6.32.